The molecule has 1 heterocycles. The number of carbonyl (C=O) groups excluding carboxylic acids is 1. The molecule has 0 saturated heterocycles. The summed E-state index contributed by atoms with van der Waals surface area (Å²) in [6.07, 6.45) is 0.874. The van der Waals surface area contributed by atoms with E-state index in [2.05, 4.69) is 30.1 Å². The van der Waals surface area contributed by atoms with Crippen molar-refractivity contribution in [2.24, 2.45) is 5.73 Å². The normalized spacial score (nSPS) is 15.7. The molecular formula is C16H25N3O3. The van der Waals surface area contributed by atoms with Crippen LogP contribution in [-0.4, -0.2) is 42.9 Å². The quantitative estimate of drug-likeness (QED) is 0.737. The van der Waals surface area contributed by atoms with Gasteiger partial charge in [0.25, 0.3) is 0 Å². The maximum Gasteiger partial charge on any atom is 0.237 e. The van der Waals surface area contributed by atoms with E-state index in [9.17, 15) is 4.79 Å². The third kappa shape index (κ3) is 4.11. The highest BCUT2D eigenvalue weighted by Crippen LogP contribution is 2.32. The van der Waals surface area contributed by atoms with Crippen LogP contribution in [0, 0.1) is 0 Å². The van der Waals surface area contributed by atoms with Crippen LogP contribution >= 0.6 is 0 Å². The van der Waals surface area contributed by atoms with Gasteiger partial charge in [-0.05, 0) is 44.5 Å². The molecule has 1 aliphatic rings. The summed E-state index contributed by atoms with van der Waals surface area (Å²) in [5, 5.41) is 2.86. The average Bonchev–Trinajstić information content (AvgIpc) is 2.95. The maximum absolute atomic E-state index is 11.6. The summed E-state index contributed by atoms with van der Waals surface area (Å²) in [6, 6.07) is 5.83. The molecule has 6 nitrogen and oxygen atoms in total. The number of nitrogens with two attached hydrogens (primary N) is 1. The molecule has 6 heteroatoms. The molecule has 0 fully saturated rings. The average molecular weight is 307 g/mol. The summed E-state index contributed by atoms with van der Waals surface area (Å²) >= 11 is 0. The molecule has 0 saturated carbocycles. The molecule has 0 aliphatic carbocycles. The predicted octanol–water partition coefficient (Wildman–Crippen LogP) is 1.09. The standard InChI is InChI=1S/C16H25N3O3/c1-4-19(9-18-16(20)12(3)17)11(2)7-13-5-6-14-15(8-13)22-10-21-14/h5-6,8,11-12H,4,7,9-10,17H2,1-3H3,(H,18,20). The number of benzene rings is 1. The zero-order chi connectivity index (χ0) is 16.1. The van der Waals surface area contributed by atoms with Crippen LogP contribution in [0.4, 0.5) is 0 Å². The molecule has 1 aromatic carbocycles. The Morgan fingerprint density at radius 3 is 2.77 bits per heavy atom. The Hall–Kier alpha value is -1.79. The Balaban J connectivity index is 1.91. The minimum atomic E-state index is -0.483. The number of rotatable bonds is 7. The van der Waals surface area contributed by atoms with Crippen molar-refractivity contribution in [1.29, 1.82) is 0 Å². The van der Waals surface area contributed by atoms with Gasteiger partial charge in [-0.1, -0.05) is 13.0 Å². The summed E-state index contributed by atoms with van der Waals surface area (Å²) in [6.45, 7) is 7.55. The molecule has 1 amide bonds. The first-order chi connectivity index (χ1) is 10.5. The van der Waals surface area contributed by atoms with E-state index >= 15 is 0 Å². The van der Waals surface area contributed by atoms with E-state index in [0.29, 0.717) is 19.5 Å². The largest absolute Gasteiger partial charge is 0.454 e. The SMILES string of the molecule is CCN(CNC(=O)C(C)N)C(C)Cc1ccc2c(c1)OCO2. The van der Waals surface area contributed by atoms with E-state index in [0.717, 1.165) is 24.5 Å². The second-order valence-corrected chi connectivity index (χ2v) is 5.63. The Labute approximate surface area is 131 Å². The van der Waals surface area contributed by atoms with E-state index < -0.39 is 6.04 Å². The van der Waals surface area contributed by atoms with Gasteiger partial charge in [0.15, 0.2) is 11.5 Å². The molecule has 0 radical (unpaired) electrons. The number of hydrogen-bond donors (Lipinski definition) is 2. The fourth-order valence-electron chi connectivity index (χ4n) is 2.46. The first kappa shape index (κ1) is 16.6. The third-order valence-electron chi connectivity index (χ3n) is 3.87. The van der Waals surface area contributed by atoms with E-state index in [1.807, 2.05) is 12.1 Å². The predicted molar refractivity (Wildman–Crippen MR) is 84.8 cm³/mol. The number of hydrogen-bond acceptors (Lipinski definition) is 5. The topological polar surface area (TPSA) is 76.8 Å². The van der Waals surface area contributed by atoms with Crippen molar-refractivity contribution in [3.63, 3.8) is 0 Å². The van der Waals surface area contributed by atoms with Crippen molar-refractivity contribution in [2.75, 3.05) is 20.0 Å². The lowest BCUT2D eigenvalue weighted by Crippen LogP contribution is -2.47. The molecule has 0 spiro atoms. The number of likely N-dealkylation sites (N-methyl/N-ethyl adjacent to an activating group) is 1. The van der Waals surface area contributed by atoms with Crippen LogP contribution in [0.5, 0.6) is 11.5 Å². The van der Waals surface area contributed by atoms with Gasteiger partial charge in [0, 0.05) is 6.04 Å². The minimum absolute atomic E-state index is 0.131. The molecule has 1 aromatic rings. The summed E-state index contributed by atoms with van der Waals surface area (Å²) < 4.78 is 10.7. The highest BCUT2D eigenvalue weighted by Gasteiger charge is 2.17. The molecule has 0 bridgehead atoms. The second-order valence-electron chi connectivity index (χ2n) is 5.63. The second kappa shape index (κ2) is 7.47. The lowest BCUT2D eigenvalue weighted by Gasteiger charge is -2.28. The van der Waals surface area contributed by atoms with Gasteiger partial charge in [0.05, 0.1) is 12.7 Å². The number of ether oxygens (including phenoxy) is 2. The maximum atomic E-state index is 11.6. The van der Waals surface area contributed by atoms with Gasteiger partial charge in [-0.25, -0.2) is 0 Å². The highest BCUT2D eigenvalue weighted by molar-refractivity contribution is 5.80. The third-order valence-corrected chi connectivity index (χ3v) is 3.87. The van der Waals surface area contributed by atoms with Crippen LogP contribution in [0.15, 0.2) is 18.2 Å². The number of nitrogens with one attached hydrogen (secondary N) is 1. The molecule has 3 N–H and O–H groups in total. The van der Waals surface area contributed by atoms with Crippen LogP contribution in [0.1, 0.15) is 26.3 Å². The lowest BCUT2D eigenvalue weighted by molar-refractivity contribution is -0.122. The Morgan fingerprint density at radius 1 is 1.36 bits per heavy atom. The van der Waals surface area contributed by atoms with Gasteiger partial charge < -0.3 is 20.5 Å². The molecule has 2 atom stereocenters. The summed E-state index contributed by atoms with van der Waals surface area (Å²) in [7, 11) is 0. The molecule has 2 unspecified atom stereocenters. The smallest absolute Gasteiger partial charge is 0.237 e. The number of amides is 1. The first-order valence-electron chi connectivity index (χ1n) is 7.67. The fourth-order valence-corrected chi connectivity index (χ4v) is 2.46. The van der Waals surface area contributed by atoms with Crippen LogP contribution in [0.2, 0.25) is 0 Å². The number of nitrogens with zero attached hydrogens (tertiary/aromatic N) is 1. The molecule has 0 aromatic heterocycles. The van der Waals surface area contributed by atoms with Crippen molar-refractivity contribution in [1.82, 2.24) is 10.2 Å². The van der Waals surface area contributed by atoms with Crippen molar-refractivity contribution in [3.05, 3.63) is 23.8 Å². The van der Waals surface area contributed by atoms with Gasteiger partial charge in [0.1, 0.15) is 0 Å². The Kier molecular flexibility index (Phi) is 5.63. The molecule has 1 aliphatic heterocycles. The van der Waals surface area contributed by atoms with E-state index in [1.54, 1.807) is 6.92 Å². The van der Waals surface area contributed by atoms with E-state index in [4.69, 9.17) is 15.2 Å². The molecule has 22 heavy (non-hydrogen) atoms. The van der Waals surface area contributed by atoms with Crippen LogP contribution < -0.4 is 20.5 Å². The van der Waals surface area contributed by atoms with Gasteiger partial charge >= 0.3 is 0 Å². The number of fused-ring (bicyclic) bond motifs is 1. The Morgan fingerprint density at radius 2 is 2.09 bits per heavy atom. The van der Waals surface area contributed by atoms with Crippen LogP contribution in [-0.2, 0) is 11.2 Å². The summed E-state index contributed by atoms with van der Waals surface area (Å²) in [5.74, 6) is 1.47. The van der Waals surface area contributed by atoms with Crippen molar-refractivity contribution in [2.45, 2.75) is 39.3 Å². The molecular weight excluding hydrogens is 282 g/mol. The van der Waals surface area contributed by atoms with Crippen molar-refractivity contribution < 1.29 is 14.3 Å². The van der Waals surface area contributed by atoms with Crippen LogP contribution in [0.3, 0.4) is 0 Å². The van der Waals surface area contributed by atoms with E-state index in [1.165, 1.54) is 5.56 Å². The first-order valence-corrected chi connectivity index (χ1v) is 7.67. The lowest BCUT2D eigenvalue weighted by atomic mass is 10.1. The fraction of sp³-hybridized carbons (Fsp3) is 0.562. The van der Waals surface area contributed by atoms with E-state index in [-0.39, 0.29) is 5.91 Å². The highest BCUT2D eigenvalue weighted by atomic mass is 16.7. The minimum Gasteiger partial charge on any atom is -0.454 e. The van der Waals surface area contributed by atoms with Gasteiger partial charge in [-0.15, -0.1) is 0 Å². The Bertz CT molecular complexity index is 519. The summed E-state index contributed by atoms with van der Waals surface area (Å²) in [4.78, 5) is 13.8. The van der Waals surface area contributed by atoms with Crippen molar-refractivity contribution >= 4 is 5.91 Å². The van der Waals surface area contributed by atoms with Crippen LogP contribution in [0.25, 0.3) is 0 Å². The number of carbonyl (C=O) groups is 1. The van der Waals surface area contributed by atoms with Gasteiger partial charge in [-0.3, -0.25) is 9.69 Å². The summed E-state index contributed by atoms with van der Waals surface area (Å²) in [5.41, 5.74) is 6.75. The molecule has 122 valence electrons. The zero-order valence-electron chi connectivity index (χ0n) is 13.5. The van der Waals surface area contributed by atoms with Crippen molar-refractivity contribution in [3.8, 4) is 11.5 Å². The monoisotopic (exact) mass is 307 g/mol. The van der Waals surface area contributed by atoms with Gasteiger partial charge in [-0.2, -0.15) is 0 Å². The zero-order valence-corrected chi connectivity index (χ0v) is 13.5. The molecule has 2 rings (SSSR count). The van der Waals surface area contributed by atoms with Gasteiger partial charge in [0.2, 0.25) is 12.7 Å².